The highest BCUT2D eigenvalue weighted by molar-refractivity contribution is 5.70. The summed E-state index contributed by atoms with van der Waals surface area (Å²) in [6.45, 7) is 0.420. The minimum absolute atomic E-state index is 0.365. The quantitative estimate of drug-likeness (QED) is 0.851. The van der Waals surface area contributed by atoms with Gasteiger partial charge in [0.15, 0.2) is 5.82 Å². The number of aromatic nitrogens is 4. The van der Waals surface area contributed by atoms with Gasteiger partial charge in [-0.05, 0) is 18.6 Å². The van der Waals surface area contributed by atoms with Gasteiger partial charge in [-0.25, -0.2) is 0 Å². The molecule has 1 aliphatic heterocycles. The molecule has 0 radical (unpaired) electrons. The largest absolute Gasteiger partial charge is 0.481 e. The van der Waals surface area contributed by atoms with E-state index in [1.54, 1.807) is 6.20 Å². The summed E-state index contributed by atoms with van der Waals surface area (Å²) in [7, 11) is 0. The first-order chi connectivity index (χ1) is 8.75. The maximum Gasteiger partial charge on any atom is 0.308 e. The second-order valence-electron chi connectivity index (χ2n) is 4.34. The van der Waals surface area contributed by atoms with Crippen molar-refractivity contribution in [1.82, 2.24) is 19.7 Å². The molecule has 1 atom stereocenters. The van der Waals surface area contributed by atoms with Crippen LogP contribution in [0.2, 0.25) is 0 Å². The number of pyridine rings is 1. The number of aryl methyl sites for hydroxylation is 1. The molecule has 0 aromatic carbocycles. The molecule has 6 nitrogen and oxygen atoms in total. The molecule has 3 rings (SSSR count). The fourth-order valence-corrected chi connectivity index (χ4v) is 2.21. The number of nitrogens with zero attached hydrogens (tertiary/aromatic N) is 4. The van der Waals surface area contributed by atoms with E-state index in [9.17, 15) is 4.79 Å². The van der Waals surface area contributed by atoms with E-state index < -0.39 is 5.97 Å². The van der Waals surface area contributed by atoms with E-state index in [0.717, 1.165) is 11.5 Å². The Morgan fingerprint density at radius 2 is 2.28 bits per heavy atom. The Bertz CT molecular complexity index is 579. The predicted octanol–water partition coefficient (Wildman–Crippen LogP) is 0.987. The van der Waals surface area contributed by atoms with Gasteiger partial charge < -0.3 is 9.67 Å². The van der Waals surface area contributed by atoms with Crippen LogP contribution in [-0.2, 0) is 17.8 Å². The van der Waals surface area contributed by atoms with Crippen LogP contribution in [0, 0.1) is 5.92 Å². The molecule has 1 unspecified atom stereocenters. The van der Waals surface area contributed by atoms with Crippen molar-refractivity contribution in [2.75, 3.05) is 0 Å². The molecular weight excluding hydrogens is 232 g/mol. The zero-order valence-electron chi connectivity index (χ0n) is 9.65. The molecule has 0 saturated carbocycles. The van der Waals surface area contributed by atoms with Crippen LogP contribution < -0.4 is 0 Å². The predicted molar refractivity (Wildman–Crippen MR) is 62.7 cm³/mol. The van der Waals surface area contributed by atoms with E-state index in [2.05, 4.69) is 15.2 Å². The first-order valence-electron chi connectivity index (χ1n) is 5.82. The maximum absolute atomic E-state index is 11.1. The third-order valence-corrected chi connectivity index (χ3v) is 3.19. The zero-order chi connectivity index (χ0) is 12.5. The van der Waals surface area contributed by atoms with Gasteiger partial charge in [0.25, 0.3) is 0 Å². The molecule has 0 fully saturated rings. The van der Waals surface area contributed by atoms with Crippen molar-refractivity contribution in [2.45, 2.75) is 19.4 Å². The molecule has 0 spiro atoms. The van der Waals surface area contributed by atoms with Gasteiger partial charge in [-0.1, -0.05) is 6.07 Å². The summed E-state index contributed by atoms with van der Waals surface area (Å²) < 4.78 is 1.87. The van der Waals surface area contributed by atoms with Crippen LogP contribution in [0.4, 0.5) is 0 Å². The van der Waals surface area contributed by atoms with Crippen LogP contribution in [0.25, 0.3) is 11.5 Å². The Morgan fingerprint density at radius 3 is 3.00 bits per heavy atom. The van der Waals surface area contributed by atoms with Gasteiger partial charge in [0.05, 0.1) is 5.92 Å². The molecular formula is C12H12N4O2. The Kier molecular flexibility index (Phi) is 2.55. The number of rotatable bonds is 2. The first kappa shape index (κ1) is 10.9. The minimum atomic E-state index is -0.763. The molecule has 6 heteroatoms. The Balaban J connectivity index is 2.00. The van der Waals surface area contributed by atoms with Gasteiger partial charge in [-0.15, -0.1) is 10.2 Å². The van der Waals surface area contributed by atoms with Crippen LogP contribution in [0.1, 0.15) is 12.2 Å². The van der Waals surface area contributed by atoms with E-state index in [1.807, 2.05) is 22.8 Å². The number of hydrogen-bond acceptors (Lipinski definition) is 4. The molecule has 2 aromatic rings. The summed E-state index contributed by atoms with van der Waals surface area (Å²) in [5.74, 6) is 0.363. The summed E-state index contributed by atoms with van der Waals surface area (Å²) in [6, 6.07) is 5.56. The smallest absolute Gasteiger partial charge is 0.308 e. The van der Waals surface area contributed by atoms with E-state index in [-0.39, 0.29) is 5.92 Å². The topological polar surface area (TPSA) is 80.9 Å². The number of carbonyl (C=O) groups is 1. The van der Waals surface area contributed by atoms with E-state index in [4.69, 9.17) is 5.11 Å². The number of carboxylic acids is 1. The first-order valence-corrected chi connectivity index (χ1v) is 5.82. The molecule has 0 aliphatic carbocycles. The Labute approximate surface area is 103 Å². The van der Waals surface area contributed by atoms with E-state index in [0.29, 0.717) is 25.2 Å². The lowest BCUT2D eigenvalue weighted by molar-refractivity contribution is -0.142. The fraction of sp³-hybridized carbons (Fsp3) is 0.333. The summed E-state index contributed by atoms with van der Waals surface area (Å²) in [6.07, 6.45) is 2.96. The lowest BCUT2D eigenvalue weighted by Gasteiger charge is -2.20. The molecule has 0 amide bonds. The van der Waals surface area contributed by atoms with Crippen molar-refractivity contribution >= 4 is 5.97 Å². The van der Waals surface area contributed by atoms with Crippen molar-refractivity contribution in [2.24, 2.45) is 5.92 Å². The van der Waals surface area contributed by atoms with Crippen LogP contribution in [0.15, 0.2) is 24.4 Å². The van der Waals surface area contributed by atoms with Gasteiger partial charge >= 0.3 is 5.97 Å². The van der Waals surface area contributed by atoms with Crippen LogP contribution >= 0.6 is 0 Å². The monoisotopic (exact) mass is 244 g/mol. The van der Waals surface area contributed by atoms with Crippen molar-refractivity contribution in [3.05, 3.63) is 30.2 Å². The summed E-state index contributed by atoms with van der Waals surface area (Å²) in [5, 5.41) is 17.3. The van der Waals surface area contributed by atoms with Gasteiger partial charge in [-0.3, -0.25) is 9.78 Å². The third-order valence-electron chi connectivity index (χ3n) is 3.19. The molecule has 2 aromatic heterocycles. The molecule has 92 valence electrons. The SMILES string of the molecule is O=C(O)C1CCc2nnc(-c3ccccn3)n2C1. The van der Waals surface area contributed by atoms with Gasteiger partial charge in [0, 0.05) is 19.2 Å². The highest BCUT2D eigenvalue weighted by Crippen LogP contribution is 2.24. The number of fused-ring (bicyclic) bond motifs is 1. The van der Waals surface area contributed by atoms with E-state index in [1.165, 1.54) is 0 Å². The van der Waals surface area contributed by atoms with Crippen molar-refractivity contribution < 1.29 is 9.90 Å². The molecule has 0 saturated heterocycles. The van der Waals surface area contributed by atoms with Crippen molar-refractivity contribution in [1.29, 1.82) is 0 Å². The molecule has 1 N–H and O–H groups in total. The second-order valence-corrected chi connectivity index (χ2v) is 4.34. The van der Waals surface area contributed by atoms with Gasteiger partial charge in [0.1, 0.15) is 11.5 Å². The molecule has 18 heavy (non-hydrogen) atoms. The third kappa shape index (κ3) is 1.75. The summed E-state index contributed by atoms with van der Waals surface area (Å²) >= 11 is 0. The number of carboxylic acid groups (broad SMARTS) is 1. The Hall–Kier alpha value is -2.24. The zero-order valence-corrected chi connectivity index (χ0v) is 9.65. The molecule has 1 aliphatic rings. The van der Waals surface area contributed by atoms with Crippen LogP contribution in [-0.4, -0.2) is 30.8 Å². The lowest BCUT2D eigenvalue weighted by Crippen LogP contribution is -2.27. The lowest BCUT2D eigenvalue weighted by atomic mass is 9.99. The standard InChI is InChI=1S/C12H12N4O2/c17-12(18)8-4-5-10-14-15-11(16(10)7-8)9-3-1-2-6-13-9/h1-3,6,8H,4-5,7H2,(H,17,18). The van der Waals surface area contributed by atoms with Crippen molar-refractivity contribution in [3.63, 3.8) is 0 Å². The van der Waals surface area contributed by atoms with Crippen LogP contribution in [0.3, 0.4) is 0 Å². The fourth-order valence-electron chi connectivity index (χ4n) is 2.21. The summed E-state index contributed by atoms with van der Waals surface area (Å²) in [5.41, 5.74) is 0.724. The second kappa shape index (κ2) is 4.21. The van der Waals surface area contributed by atoms with Crippen LogP contribution in [0.5, 0.6) is 0 Å². The normalized spacial score (nSPS) is 18.3. The highest BCUT2D eigenvalue weighted by Gasteiger charge is 2.27. The van der Waals surface area contributed by atoms with E-state index >= 15 is 0 Å². The highest BCUT2D eigenvalue weighted by atomic mass is 16.4. The average Bonchev–Trinajstić information content (AvgIpc) is 2.82. The van der Waals surface area contributed by atoms with Gasteiger partial charge in [0.2, 0.25) is 0 Å². The average molecular weight is 244 g/mol. The molecule has 3 heterocycles. The number of aliphatic carboxylic acids is 1. The maximum atomic E-state index is 11.1. The van der Waals surface area contributed by atoms with Gasteiger partial charge in [-0.2, -0.15) is 0 Å². The minimum Gasteiger partial charge on any atom is -0.481 e. The Morgan fingerprint density at radius 1 is 1.39 bits per heavy atom. The number of hydrogen-bond donors (Lipinski definition) is 1. The van der Waals surface area contributed by atoms with Crippen molar-refractivity contribution in [3.8, 4) is 11.5 Å². The molecule has 0 bridgehead atoms. The summed E-state index contributed by atoms with van der Waals surface area (Å²) in [4.78, 5) is 15.3.